The fourth-order valence-corrected chi connectivity index (χ4v) is 2.22. The van der Waals surface area contributed by atoms with Crippen LogP contribution in [0.15, 0.2) is 12.1 Å². The van der Waals surface area contributed by atoms with Gasteiger partial charge >= 0.3 is 0 Å². The molecule has 0 heterocycles. The molecule has 0 fully saturated rings. The van der Waals surface area contributed by atoms with E-state index < -0.39 is 0 Å². The molecule has 0 amide bonds. The van der Waals surface area contributed by atoms with Crippen LogP contribution in [-0.4, -0.2) is 26.0 Å². The van der Waals surface area contributed by atoms with Crippen LogP contribution in [0.1, 0.15) is 48.0 Å². The smallest absolute Gasteiger partial charge is 0.150 e. The maximum atomic E-state index is 11.2. The molecular formula is C20H25NO3. The maximum absolute atomic E-state index is 11.2. The minimum Gasteiger partial charge on any atom is -0.493 e. The van der Waals surface area contributed by atoms with E-state index in [-0.39, 0.29) is 0 Å². The van der Waals surface area contributed by atoms with E-state index in [2.05, 4.69) is 11.8 Å². The number of aldehydes is 1. The summed E-state index contributed by atoms with van der Waals surface area (Å²) in [6.45, 7) is 1.50. The number of hydrogen-bond acceptors (Lipinski definition) is 4. The fourth-order valence-electron chi connectivity index (χ4n) is 2.22. The molecule has 0 spiro atoms. The summed E-state index contributed by atoms with van der Waals surface area (Å²) in [5.41, 5.74) is 7.12. The van der Waals surface area contributed by atoms with Gasteiger partial charge in [-0.2, -0.15) is 0 Å². The molecule has 0 aliphatic rings. The van der Waals surface area contributed by atoms with Crippen molar-refractivity contribution in [2.24, 2.45) is 5.73 Å². The van der Waals surface area contributed by atoms with Gasteiger partial charge in [0, 0.05) is 24.0 Å². The summed E-state index contributed by atoms with van der Waals surface area (Å²) in [7, 11) is 0. The molecular weight excluding hydrogens is 302 g/mol. The zero-order chi connectivity index (χ0) is 17.6. The fraction of sp³-hybridized carbons (Fsp3) is 0.450. The highest BCUT2D eigenvalue weighted by Crippen LogP contribution is 2.31. The van der Waals surface area contributed by atoms with Crippen LogP contribution in [0.3, 0.4) is 0 Å². The predicted octanol–water partition coefficient (Wildman–Crippen LogP) is 2.97. The van der Waals surface area contributed by atoms with Crippen molar-refractivity contribution in [2.45, 2.75) is 38.5 Å². The standard InChI is InChI=1S/C20H25NO3/c1-3-5-7-9-13-24-20-15-17(16-22)14-19(18(20)10-11-21)23-12-8-6-4-2/h1-2,14-16H,5-13,21H2. The van der Waals surface area contributed by atoms with Gasteiger partial charge in [-0.1, -0.05) is 0 Å². The Morgan fingerprint density at radius 1 is 1.00 bits per heavy atom. The summed E-state index contributed by atoms with van der Waals surface area (Å²) in [6, 6.07) is 3.45. The second-order valence-electron chi connectivity index (χ2n) is 5.32. The molecule has 0 saturated heterocycles. The second-order valence-corrected chi connectivity index (χ2v) is 5.32. The van der Waals surface area contributed by atoms with E-state index in [1.54, 1.807) is 12.1 Å². The lowest BCUT2D eigenvalue weighted by Crippen LogP contribution is -2.10. The van der Waals surface area contributed by atoms with Gasteiger partial charge in [0.05, 0.1) is 13.2 Å². The van der Waals surface area contributed by atoms with Crippen LogP contribution in [0, 0.1) is 24.7 Å². The van der Waals surface area contributed by atoms with E-state index >= 15 is 0 Å². The third-order valence-electron chi connectivity index (χ3n) is 3.42. The third-order valence-corrected chi connectivity index (χ3v) is 3.42. The van der Waals surface area contributed by atoms with Crippen molar-refractivity contribution >= 4 is 6.29 Å². The Kier molecular flexibility index (Phi) is 9.85. The summed E-state index contributed by atoms with van der Waals surface area (Å²) in [4.78, 5) is 11.2. The lowest BCUT2D eigenvalue weighted by molar-refractivity contribution is 0.112. The third kappa shape index (κ3) is 6.77. The minimum atomic E-state index is 0.467. The number of benzene rings is 1. The highest BCUT2D eigenvalue weighted by molar-refractivity contribution is 5.77. The first kappa shape index (κ1) is 19.6. The van der Waals surface area contributed by atoms with Gasteiger partial charge in [-0.3, -0.25) is 4.79 Å². The number of hydrogen-bond donors (Lipinski definition) is 1. The molecule has 0 bridgehead atoms. The molecule has 0 radical (unpaired) electrons. The second kappa shape index (κ2) is 12.0. The summed E-state index contributed by atoms with van der Waals surface area (Å²) in [5.74, 6) is 6.47. The van der Waals surface area contributed by atoms with Gasteiger partial charge in [0.25, 0.3) is 0 Å². The molecule has 0 aliphatic heterocycles. The Hall–Kier alpha value is -2.43. The van der Waals surface area contributed by atoms with Crippen LogP contribution in [0.2, 0.25) is 0 Å². The van der Waals surface area contributed by atoms with E-state index in [4.69, 9.17) is 28.1 Å². The number of ether oxygens (including phenoxy) is 2. The largest absolute Gasteiger partial charge is 0.493 e. The molecule has 4 heteroatoms. The van der Waals surface area contributed by atoms with Crippen LogP contribution in [-0.2, 0) is 6.42 Å². The summed E-state index contributed by atoms with van der Waals surface area (Å²) in [5, 5.41) is 0. The number of nitrogens with two attached hydrogens (primary N) is 1. The van der Waals surface area contributed by atoms with Crippen molar-refractivity contribution in [1.29, 1.82) is 0 Å². The number of carbonyl (C=O) groups is 1. The van der Waals surface area contributed by atoms with Crippen LogP contribution < -0.4 is 15.2 Å². The summed E-state index contributed by atoms with van der Waals surface area (Å²) < 4.78 is 11.7. The van der Waals surface area contributed by atoms with Gasteiger partial charge in [0.1, 0.15) is 17.8 Å². The highest BCUT2D eigenvalue weighted by atomic mass is 16.5. The molecule has 2 N–H and O–H groups in total. The number of terminal acetylenes is 2. The zero-order valence-electron chi connectivity index (χ0n) is 14.1. The van der Waals surface area contributed by atoms with Crippen LogP contribution in [0.4, 0.5) is 0 Å². The summed E-state index contributed by atoms with van der Waals surface area (Å²) >= 11 is 0. The summed E-state index contributed by atoms with van der Waals surface area (Å²) in [6.07, 6.45) is 15.8. The van der Waals surface area contributed by atoms with Gasteiger partial charge in [-0.25, -0.2) is 0 Å². The van der Waals surface area contributed by atoms with Crippen molar-refractivity contribution in [2.75, 3.05) is 19.8 Å². The average molecular weight is 327 g/mol. The van der Waals surface area contributed by atoms with Crippen molar-refractivity contribution in [3.8, 4) is 36.2 Å². The first-order valence-corrected chi connectivity index (χ1v) is 8.21. The molecule has 1 rings (SSSR count). The van der Waals surface area contributed by atoms with E-state index in [0.29, 0.717) is 49.7 Å². The first-order chi connectivity index (χ1) is 11.8. The number of unbranched alkanes of at least 4 members (excludes halogenated alkanes) is 3. The first-order valence-electron chi connectivity index (χ1n) is 8.21. The number of carbonyl (C=O) groups excluding carboxylic acids is 1. The molecule has 0 unspecified atom stereocenters. The predicted molar refractivity (Wildman–Crippen MR) is 96.3 cm³/mol. The normalized spacial score (nSPS) is 9.79. The van der Waals surface area contributed by atoms with Crippen molar-refractivity contribution in [1.82, 2.24) is 0 Å². The number of rotatable bonds is 12. The molecule has 4 nitrogen and oxygen atoms in total. The quantitative estimate of drug-likeness (QED) is 0.364. The van der Waals surface area contributed by atoms with Gasteiger partial charge in [0.2, 0.25) is 0 Å². The Balaban J connectivity index is 2.87. The van der Waals surface area contributed by atoms with Gasteiger partial charge < -0.3 is 15.2 Å². The Morgan fingerprint density at radius 2 is 1.58 bits per heavy atom. The lowest BCUT2D eigenvalue weighted by Gasteiger charge is -2.17. The van der Waals surface area contributed by atoms with Gasteiger partial charge in [0.15, 0.2) is 0 Å². The van der Waals surface area contributed by atoms with Gasteiger partial charge in [-0.05, 0) is 44.4 Å². The zero-order valence-corrected chi connectivity index (χ0v) is 14.1. The maximum Gasteiger partial charge on any atom is 0.150 e. The monoisotopic (exact) mass is 327 g/mol. The molecule has 1 aromatic carbocycles. The Labute approximate surface area is 144 Å². The van der Waals surface area contributed by atoms with Crippen LogP contribution in [0.25, 0.3) is 0 Å². The molecule has 1 aromatic rings. The van der Waals surface area contributed by atoms with Gasteiger partial charge in [-0.15, -0.1) is 24.7 Å². The van der Waals surface area contributed by atoms with E-state index in [0.717, 1.165) is 37.5 Å². The molecule has 0 aromatic heterocycles. The molecule has 0 saturated carbocycles. The molecule has 0 aliphatic carbocycles. The molecule has 128 valence electrons. The Bertz CT molecular complexity index is 596. The minimum absolute atomic E-state index is 0.467. The van der Waals surface area contributed by atoms with Crippen molar-refractivity contribution in [3.63, 3.8) is 0 Å². The lowest BCUT2D eigenvalue weighted by atomic mass is 10.1. The van der Waals surface area contributed by atoms with E-state index in [1.807, 2.05) is 0 Å². The van der Waals surface area contributed by atoms with Crippen molar-refractivity contribution < 1.29 is 14.3 Å². The molecule has 24 heavy (non-hydrogen) atoms. The van der Waals surface area contributed by atoms with E-state index in [1.165, 1.54) is 0 Å². The SMILES string of the molecule is C#CCCCCOc1cc(C=O)cc(OCCCC#C)c1CCN. The Morgan fingerprint density at radius 3 is 2.12 bits per heavy atom. The topological polar surface area (TPSA) is 61.5 Å². The van der Waals surface area contributed by atoms with Crippen LogP contribution in [0.5, 0.6) is 11.5 Å². The van der Waals surface area contributed by atoms with E-state index in [9.17, 15) is 4.79 Å². The highest BCUT2D eigenvalue weighted by Gasteiger charge is 2.13. The molecule has 0 atom stereocenters. The van der Waals surface area contributed by atoms with Crippen molar-refractivity contribution in [3.05, 3.63) is 23.3 Å². The van der Waals surface area contributed by atoms with Crippen LogP contribution >= 0.6 is 0 Å². The average Bonchev–Trinajstić information content (AvgIpc) is 2.60.